The number of piperazine rings is 1. The maximum absolute atomic E-state index is 5.24. The fraction of sp³-hybridized carbons (Fsp3) is 0.526. The number of aryl methyl sites for hydroxylation is 1. The van der Waals surface area contributed by atoms with Crippen molar-refractivity contribution in [1.82, 2.24) is 20.4 Å². The van der Waals surface area contributed by atoms with E-state index in [1.54, 1.807) is 7.11 Å². The molecule has 0 spiro atoms. The highest BCUT2D eigenvalue weighted by atomic mass is 16.5. The van der Waals surface area contributed by atoms with Crippen LogP contribution in [0.3, 0.4) is 0 Å². The summed E-state index contributed by atoms with van der Waals surface area (Å²) < 4.78 is 10.4. The lowest BCUT2D eigenvalue weighted by atomic mass is 10.2. The van der Waals surface area contributed by atoms with Gasteiger partial charge in [-0.15, -0.1) is 0 Å². The van der Waals surface area contributed by atoms with Crippen LogP contribution >= 0.6 is 0 Å². The molecule has 146 valence electrons. The lowest BCUT2D eigenvalue weighted by Gasteiger charge is -2.37. The third-order valence-corrected chi connectivity index (χ3v) is 4.51. The van der Waals surface area contributed by atoms with Crippen LogP contribution in [0.5, 0.6) is 5.75 Å². The Balaban J connectivity index is 1.54. The van der Waals surface area contributed by atoms with Gasteiger partial charge in [-0.2, -0.15) is 4.98 Å². The topological polar surface area (TPSA) is 79.0 Å². The zero-order valence-electron chi connectivity index (χ0n) is 16.3. The number of nitrogens with one attached hydrogen (secondary N) is 1. The molecular formula is C19H28N6O2. The molecule has 1 saturated heterocycles. The first kappa shape index (κ1) is 19.0. The maximum atomic E-state index is 5.24. The van der Waals surface area contributed by atoms with Crippen LogP contribution in [-0.4, -0.2) is 67.4 Å². The van der Waals surface area contributed by atoms with E-state index in [9.17, 15) is 0 Å². The van der Waals surface area contributed by atoms with Gasteiger partial charge in [-0.05, 0) is 38.1 Å². The third kappa shape index (κ3) is 5.12. The zero-order valence-corrected chi connectivity index (χ0v) is 16.3. The number of aromatic nitrogens is 2. The maximum Gasteiger partial charge on any atom is 0.228 e. The molecular weight excluding hydrogens is 344 g/mol. The minimum Gasteiger partial charge on any atom is -0.497 e. The molecule has 3 rings (SSSR count). The van der Waals surface area contributed by atoms with E-state index in [0.29, 0.717) is 24.7 Å². The highest BCUT2D eigenvalue weighted by Crippen LogP contribution is 2.20. The number of nitrogens with zero attached hydrogens (tertiary/aromatic N) is 5. The van der Waals surface area contributed by atoms with Gasteiger partial charge in [-0.3, -0.25) is 4.99 Å². The van der Waals surface area contributed by atoms with Crippen LogP contribution in [0, 0.1) is 6.92 Å². The van der Waals surface area contributed by atoms with Gasteiger partial charge < -0.3 is 24.4 Å². The Morgan fingerprint density at radius 3 is 2.56 bits per heavy atom. The summed E-state index contributed by atoms with van der Waals surface area (Å²) in [4.78, 5) is 13.7. The Labute approximate surface area is 160 Å². The van der Waals surface area contributed by atoms with E-state index in [-0.39, 0.29) is 0 Å². The molecule has 2 heterocycles. The summed E-state index contributed by atoms with van der Waals surface area (Å²) in [6.45, 7) is 9.15. The van der Waals surface area contributed by atoms with Crippen molar-refractivity contribution < 1.29 is 9.26 Å². The normalized spacial score (nSPS) is 15.1. The smallest absolute Gasteiger partial charge is 0.228 e. The number of guanidine groups is 1. The van der Waals surface area contributed by atoms with E-state index in [4.69, 9.17) is 14.3 Å². The quantitative estimate of drug-likeness (QED) is 0.611. The number of rotatable bonds is 6. The Morgan fingerprint density at radius 1 is 1.22 bits per heavy atom. The van der Waals surface area contributed by atoms with Gasteiger partial charge in [0, 0.05) is 44.8 Å². The fourth-order valence-electron chi connectivity index (χ4n) is 3.09. The largest absolute Gasteiger partial charge is 0.497 e. The summed E-state index contributed by atoms with van der Waals surface area (Å²) in [6, 6.07) is 8.24. The summed E-state index contributed by atoms with van der Waals surface area (Å²) in [6.07, 6.45) is 0.654. The van der Waals surface area contributed by atoms with Gasteiger partial charge in [0.05, 0.1) is 13.7 Å². The van der Waals surface area contributed by atoms with Crippen molar-refractivity contribution in [3.8, 4) is 5.75 Å². The molecule has 0 atom stereocenters. The lowest BCUT2D eigenvalue weighted by Crippen LogP contribution is -2.52. The van der Waals surface area contributed by atoms with E-state index in [0.717, 1.165) is 44.4 Å². The van der Waals surface area contributed by atoms with Crippen molar-refractivity contribution in [2.75, 3.05) is 51.3 Å². The molecule has 1 aliphatic heterocycles. The molecule has 1 aromatic heterocycles. The minimum absolute atomic E-state index is 0.628. The minimum atomic E-state index is 0.628. The molecule has 0 amide bonds. The fourth-order valence-corrected chi connectivity index (χ4v) is 3.09. The Morgan fingerprint density at radius 2 is 1.96 bits per heavy atom. The number of methoxy groups -OCH3 is 1. The molecule has 0 bridgehead atoms. The summed E-state index contributed by atoms with van der Waals surface area (Å²) in [5.41, 5.74) is 1.23. The van der Waals surface area contributed by atoms with Crippen LogP contribution in [0.2, 0.25) is 0 Å². The molecule has 1 aromatic carbocycles. The average Bonchev–Trinajstić information content (AvgIpc) is 3.13. The first-order valence-corrected chi connectivity index (χ1v) is 9.41. The van der Waals surface area contributed by atoms with E-state index in [1.165, 1.54) is 5.69 Å². The van der Waals surface area contributed by atoms with Crippen molar-refractivity contribution >= 4 is 11.6 Å². The van der Waals surface area contributed by atoms with Gasteiger partial charge in [0.1, 0.15) is 5.75 Å². The number of benzene rings is 1. The predicted molar refractivity (Wildman–Crippen MR) is 105 cm³/mol. The first-order chi connectivity index (χ1) is 13.2. The van der Waals surface area contributed by atoms with Crippen molar-refractivity contribution in [1.29, 1.82) is 0 Å². The Hall–Kier alpha value is -2.77. The molecule has 1 N–H and O–H groups in total. The summed E-state index contributed by atoms with van der Waals surface area (Å²) in [5.74, 6) is 3.13. The molecule has 0 aliphatic carbocycles. The second-order valence-electron chi connectivity index (χ2n) is 6.39. The molecule has 27 heavy (non-hydrogen) atoms. The van der Waals surface area contributed by atoms with Gasteiger partial charge in [-0.1, -0.05) is 5.16 Å². The number of aliphatic imine (C=N–C) groups is 1. The molecule has 1 aliphatic rings. The molecule has 1 fully saturated rings. The van der Waals surface area contributed by atoms with Crippen molar-refractivity contribution in [3.05, 3.63) is 36.0 Å². The van der Waals surface area contributed by atoms with E-state index < -0.39 is 0 Å². The van der Waals surface area contributed by atoms with E-state index in [2.05, 4.69) is 44.3 Å². The van der Waals surface area contributed by atoms with Crippen LogP contribution in [-0.2, 0) is 6.42 Å². The van der Waals surface area contributed by atoms with Crippen molar-refractivity contribution in [3.63, 3.8) is 0 Å². The molecule has 0 saturated carbocycles. The number of anilines is 1. The van der Waals surface area contributed by atoms with Crippen LogP contribution in [0.15, 0.2) is 33.8 Å². The zero-order chi connectivity index (χ0) is 19.1. The predicted octanol–water partition coefficient (Wildman–Crippen LogP) is 1.72. The molecule has 0 radical (unpaired) electrons. The highest BCUT2D eigenvalue weighted by Gasteiger charge is 2.20. The van der Waals surface area contributed by atoms with E-state index in [1.807, 2.05) is 19.1 Å². The van der Waals surface area contributed by atoms with Crippen LogP contribution in [0.1, 0.15) is 18.6 Å². The Bertz CT molecular complexity index is 735. The van der Waals surface area contributed by atoms with Gasteiger partial charge in [-0.25, -0.2) is 0 Å². The standard InChI is InChI=1S/C19H28N6O2/c1-4-20-19(21-10-9-18-22-15(2)23-27-18)25-13-11-24(12-14-25)16-5-7-17(26-3)8-6-16/h5-8H,4,9-14H2,1-3H3,(H,20,21). The Kier molecular flexibility index (Phi) is 6.51. The van der Waals surface area contributed by atoms with Gasteiger partial charge >= 0.3 is 0 Å². The number of hydrogen-bond donors (Lipinski definition) is 1. The second kappa shape index (κ2) is 9.25. The van der Waals surface area contributed by atoms with Crippen LogP contribution in [0.4, 0.5) is 5.69 Å². The van der Waals surface area contributed by atoms with Gasteiger partial charge in [0.15, 0.2) is 11.8 Å². The van der Waals surface area contributed by atoms with E-state index >= 15 is 0 Å². The number of ether oxygens (including phenoxy) is 1. The van der Waals surface area contributed by atoms with Gasteiger partial charge in [0.25, 0.3) is 0 Å². The molecule has 0 unspecified atom stereocenters. The first-order valence-electron chi connectivity index (χ1n) is 9.41. The van der Waals surface area contributed by atoms with Crippen LogP contribution in [0.25, 0.3) is 0 Å². The highest BCUT2D eigenvalue weighted by molar-refractivity contribution is 5.80. The SMILES string of the molecule is CCNC(=NCCc1nc(C)no1)N1CCN(c2ccc(OC)cc2)CC1. The van der Waals surface area contributed by atoms with Gasteiger partial charge in [0.2, 0.25) is 5.89 Å². The monoisotopic (exact) mass is 372 g/mol. The number of hydrogen-bond acceptors (Lipinski definition) is 6. The second-order valence-corrected chi connectivity index (χ2v) is 6.39. The van der Waals surface area contributed by atoms with Crippen LogP contribution < -0.4 is 15.0 Å². The summed E-state index contributed by atoms with van der Waals surface area (Å²) in [5, 5.41) is 7.20. The molecule has 8 heteroatoms. The molecule has 2 aromatic rings. The lowest BCUT2D eigenvalue weighted by molar-refractivity contribution is 0.368. The summed E-state index contributed by atoms with van der Waals surface area (Å²) in [7, 11) is 1.69. The molecule has 8 nitrogen and oxygen atoms in total. The third-order valence-electron chi connectivity index (χ3n) is 4.51. The van der Waals surface area contributed by atoms with Crippen molar-refractivity contribution in [2.24, 2.45) is 4.99 Å². The van der Waals surface area contributed by atoms with Crippen molar-refractivity contribution in [2.45, 2.75) is 20.3 Å². The average molecular weight is 372 g/mol. The summed E-state index contributed by atoms with van der Waals surface area (Å²) >= 11 is 0.